The molecule has 9 heteroatoms. The predicted octanol–water partition coefficient (Wildman–Crippen LogP) is 6.53. The molecule has 6 nitrogen and oxygen atoms in total. The van der Waals surface area contributed by atoms with Crippen LogP contribution in [0.4, 0.5) is 13.2 Å². The quantitative estimate of drug-likeness (QED) is 0.229. The number of benzene rings is 3. The van der Waals surface area contributed by atoms with Crippen molar-refractivity contribution in [3.8, 4) is 23.0 Å². The molecule has 180 valence electrons. The highest BCUT2D eigenvalue weighted by molar-refractivity contribution is 5.91. The molecule has 4 rings (SSSR count). The molecule has 0 saturated heterocycles. The number of aryl methyl sites for hydroxylation is 1. The van der Waals surface area contributed by atoms with Crippen molar-refractivity contribution >= 4 is 16.9 Å². The molecular weight excluding hydrogens is 465 g/mol. The van der Waals surface area contributed by atoms with Gasteiger partial charge in [0.1, 0.15) is 11.3 Å². The Labute approximate surface area is 197 Å². The van der Waals surface area contributed by atoms with E-state index in [1.165, 1.54) is 30.3 Å². The highest BCUT2D eigenvalue weighted by Crippen LogP contribution is 2.40. The molecule has 0 bridgehead atoms. The third-order valence-corrected chi connectivity index (χ3v) is 4.94. The van der Waals surface area contributed by atoms with Gasteiger partial charge in [-0.15, -0.1) is 0 Å². The van der Waals surface area contributed by atoms with Crippen LogP contribution in [0.25, 0.3) is 11.0 Å². The molecule has 0 fully saturated rings. The fourth-order valence-corrected chi connectivity index (χ4v) is 3.27. The number of rotatable bonds is 6. The zero-order chi connectivity index (χ0) is 25.2. The van der Waals surface area contributed by atoms with Crippen molar-refractivity contribution in [3.05, 3.63) is 93.8 Å². The summed E-state index contributed by atoms with van der Waals surface area (Å²) in [5.74, 6) is -3.36. The van der Waals surface area contributed by atoms with E-state index in [1.54, 1.807) is 37.3 Å². The monoisotopic (exact) mass is 484 g/mol. The van der Waals surface area contributed by atoms with Gasteiger partial charge in [-0.1, -0.05) is 29.8 Å². The molecule has 0 unspecified atom stereocenters. The number of alkyl halides is 3. The van der Waals surface area contributed by atoms with Gasteiger partial charge in [0.15, 0.2) is 11.5 Å². The van der Waals surface area contributed by atoms with Gasteiger partial charge >= 0.3 is 12.1 Å². The van der Waals surface area contributed by atoms with Crippen molar-refractivity contribution in [2.75, 3.05) is 6.61 Å². The van der Waals surface area contributed by atoms with E-state index in [1.807, 2.05) is 6.92 Å². The van der Waals surface area contributed by atoms with E-state index in [2.05, 4.69) is 0 Å². The topological polar surface area (TPSA) is 75.0 Å². The maximum atomic E-state index is 13.8. The van der Waals surface area contributed by atoms with Gasteiger partial charge in [0.2, 0.25) is 11.2 Å². The van der Waals surface area contributed by atoms with Crippen LogP contribution >= 0.6 is 0 Å². The van der Waals surface area contributed by atoms with Crippen molar-refractivity contribution in [3.63, 3.8) is 0 Å². The van der Waals surface area contributed by atoms with Gasteiger partial charge in [-0.05, 0) is 50.2 Å². The van der Waals surface area contributed by atoms with E-state index in [0.717, 1.165) is 11.6 Å². The predicted molar refractivity (Wildman–Crippen MR) is 121 cm³/mol. The van der Waals surface area contributed by atoms with Gasteiger partial charge in [0, 0.05) is 6.07 Å². The number of hydrogen-bond donors (Lipinski definition) is 0. The molecule has 1 heterocycles. The van der Waals surface area contributed by atoms with Gasteiger partial charge in [-0.2, -0.15) is 13.2 Å². The Morgan fingerprint density at radius 3 is 2.31 bits per heavy atom. The summed E-state index contributed by atoms with van der Waals surface area (Å²) >= 11 is 0. The summed E-state index contributed by atoms with van der Waals surface area (Å²) < 4.78 is 62.6. The van der Waals surface area contributed by atoms with Crippen LogP contribution in [-0.2, 0) is 6.18 Å². The SMILES string of the molecule is CCOc1ccccc1Oc1c(C(F)(F)F)oc2cc(OC(=O)c3ccc(C)cc3)ccc2c1=O. The van der Waals surface area contributed by atoms with Crippen LogP contribution in [0.1, 0.15) is 28.6 Å². The molecule has 3 aromatic carbocycles. The molecule has 0 N–H and O–H groups in total. The number of esters is 1. The summed E-state index contributed by atoms with van der Waals surface area (Å²) in [5, 5.41) is -0.183. The maximum Gasteiger partial charge on any atom is 0.453 e. The number of hydrogen-bond acceptors (Lipinski definition) is 6. The van der Waals surface area contributed by atoms with Gasteiger partial charge in [0.05, 0.1) is 17.6 Å². The highest BCUT2D eigenvalue weighted by atomic mass is 19.4. The first-order valence-electron chi connectivity index (χ1n) is 10.5. The number of carbonyl (C=O) groups is 1. The van der Waals surface area contributed by atoms with Gasteiger partial charge in [-0.25, -0.2) is 4.79 Å². The molecule has 0 amide bonds. The molecule has 35 heavy (non-hydrogen) atoms. The second-order valence-corrected chi connectivity index (χ2v) is 7.48. The van der Waals surface area contributed by atoms with E-state index in [-0.39, 0.29) is 34.8 Å². The Bertz CT molecular complexity index is 1440. The lowest BCUT2D eigenvalue weighted by molar-refractivity contribution is -0.154. The number of para-hydroxylation sites is 2. The molecule has 0 aliphatic carbocycles. The van der Waals surface area contributed by atoms with Crippen molar-refractivity contribution in [2.45, 2.75) is 20.0 Å². The molecule has 1 aromatic heterocycles. The minimum atomic E-state index is -5.04. The second-order valence-electron chi connectivity index (χ2n) is 7.48. The standard InChI is InChI=1S/C26H19F3O6/c1-3-32-19-6-4-5-7-20(19)34-23-22(30)18-13-12-17(14-21(18)35-24(23)26(27,28)29)33-25(31)16-10-8-15(2)9-11-16/h4-14H,3H2,1-2H3. The third kappa shape index (κ3) is 5.13. The maximum absolute atomic E-state index is 13.8. The summed E-state index contributed by atoms with van der Waals surface area (Å²) in [4.78, 5) is 25.4. The lowest BCUT2D eigenvalue weighted by Gasteiger charge is -2.15. The van der Waals surface area contributed by atoms with Gasteiger partial charge < -0.3 is 18.6 Å². The smallest absolute Gasteiger partial charge is 0.453 e. The first-order chi connectivity index (χ1) is 16.7. The summed E-state index contributed by atoms with van der Waals surface area (Å²) in [6.45, 7) is 3.79. The van der Waals surface area contributed by atoms with Crippen LogP contribution in [0.2, 0.25) is 0 Å². The first-order valence-corrected chi connectivity index (χ1v) is 10.5. The second kappa shape index (κ2) is 9.54. The van der Waals surface area contributed by atoms with Gasteiger partial charge in [0.25, 0.3) is 5.76 Å². The normalized spacial score (nSPS) is 11.3. The average molecular weight is 484 g/mol. The summed E-state index contributed by atoms with van der Waals surface area (Å²) in [7, 11) is 0. The van der Waals surface area contributed by atoms with Crippen LogP contribution in [-0.4, -0.2) is 12.6 Å². The number of carbonyl (C=O) groups excluding carboxylic acids is 1. The largest absolute Gasteiger partial charge is 0.490 e. The van der Waals surface area contributed by atoms with E-state index in [4.69, 9.17) is 18.6 Å². The molecule has 0 spiro atoms. The van der Waals surface area contributed by atoms with E-state index >= 15 is 0 Å². The van der Waals surface area contributed by atoms with Gasteiger partial charge in [-0.3, -0.25) is 4.79 Å². The molecular formula is C26H19F3O6. The van der Waals surface area contributed by atoms with E-state index in [9.17, 15) is 22.8 Å². The van der Waals surface area contributed by atoms with Crippen molar-refractivity contribution in [1.82, 2.24) is 0 Å². The Kier molecular flexibility index (Phi) is 6.50. The fraction of sp³-hybridized carbons (Fsp3) is 0.154. The first kappa shape index (κ1) is 23.9. The molecule has 0 atom stereocenters. The zero-order valence-electron chi connectivity index (χ0n) is 18.6. The number of ether oxygens (including phenoxy) is 3. The highest BCUT2D eigenvalue weighted by Gasteiger charge is 2.40. The lowest BCUT2D eigenvalue weighted by Crippen LogP contribution is -2.16. The summed E-state index contributed by atoms with van der Waals surface area (Å²) in [6, 6.07) is 16.1. The minimum absolute atomic E-state index is 0.0739. The van der Waals surface area contributed by atoms with Crippen molar-refractivity contribution in [1.29, 1.82) is 0 Å². The lowest BCUT2D eigenvalue weighted by atomic mass is 10.1. The molecule has 0 saturated carbocycles. The minimum Gasteiger partial charge on any atom is -0.490 e. The number of fused-ring (bicyclic) bond motifs is 1. The summed E-state index contributed by atoms with van der Waals surface area (Å²) in [6.07, 6.45) is -5.04. The third-order valence-electron chi connectivity index (χ3n) is 4.94. The molecule has 0 aliphatic rings. The van der Waals surface area contributed by atoms with Crippen LogP contribution in [0.15, 0.2) is 75.9 Å². The van der Waals surface area contributed by atoms with Crippen LogP contribution in [0.3, 0.4) is 0 Å². The molecule has 4 aromatic rings. The van der Waals surface area contributed by atoms with Crippen molar-refractivity contribution < 1.29 is 36.6 Å². The Morgan fingerprint density at radius 2 is 1.66 bits per heavy atom. The van der Waals surface area contributed by atoms with Crippen LogP contribution < -0.4 is 19.6 Å². The van der Waals surface area contributed by atoms with Crippen LogP contribution in [0.5, 0.6) is 23.0 Å². The number of halogens is 3. The van der Waals surface area contributed by atoms with E-state index in [0.29, 0.717) is 0 Å². The van der Waals surface area contributed by atoms with E-state index < -0.39 is 34.7 Å². The Morgan fingerprint density at radius 1 is 0.971 bits per heavy atom. The Balaban J connectivity index is 1.75. The van der Waals surface area contributed by atoms with Crippen molar-refractivity contribution in [2.24, 2.45) is 0 Å². The molecule has 0 aliphatic heterocycles. The average Bonchev–Trinajstić information content (AvgIpc) is 2.81. The fourth-order valence-electron chi connectivity index (χ4n) is 3.27. The zero-order valence-corrected chi connectivity index (χ0v) is 18.6. The van der Waals surface area contributed by atoms with Crippen LogP contribution in [0, 0.1) is 6.92 Å². The Hall–Kier alpha value is -4.27. The molecule has 0 radical (unpaired) electrons. The summed E-state index contributed by atoms with van der Waals surface area (Å²) in [5.41, 5.74) is -0.260.